The minimum absolute atomic E-state index is 0.924. The van der Waals surface area contributed by atoms with Crippen LogP contribution in [0.3, 0.4) is 0 Å². The van der Waals surface area contributed by atoms with E-state index in [4.69, 9.17) is 9.97 Å². The first kappa shape index (κ1) is 40.4. The lowest BCUT2D eigenvalue weighted by atomic mass is 9.85. The Hall–Kier alpha value is -9.12. The minimum atomic E-state index is 0.924. The van der Waals surface area contributed by atoms with Gasteiger partial charge in [0.15, 0.2) is 0 Å². The number of imidazole rings is 2. The summed E-state index contributed by atoms with van der Waals surface area (Å²) in [5.41, 5.74) is 20.0. The van der Waals surface area contributed by atoms with Crippen molar-refractivity contribution in [2.45, 2.75) is 0 Å². The van der Waals surface area contributed by atoms with Gasteiger partial charge in [0.25, 0.3) is 0 Å². The molecular formula is C64H44N4. The van der Waals surface area contributed by atoms with E-state index in [1.165, 1.54) is 11.1 Å². The summed E-state index contributed by atoms with van der Waals surface area (Å²) < 4.78 is 4.50. The Morgan fingerprint density at radius 1 is 0.235 bits per heavy atom. The topological polar surface area (TPSA) is 35.6 Å². The van der Waals surface area contributed by atoms with Crippen LogP contribution in [0.5, 0.6) is 0 Å². The number of rotatable bonds is 10. The highest BCUT2D eigenvalue weighted by molar-refractivity contribution is 6.05. The van der Waals surface area contributed by atoms with E-state index in [0.29, 0.717) is 0 Å². The first-order valence-corrected chi connectivity index (χ1v) is 23.1. The molecule has 4 nitrogen and oxygen atoms in total. The van der Waals surface area contributed by atoms with Gasteiger partial charge in [0.05, 0.1) is 22.1 Å². The van der Waals surface area contributed by atoms with Crippen molar-refractivity contribution in [2.75, 3.05) is 0 Å². The number of nitrogens with zero attached hydrogens (tertiary/aromatic N) is 4. The summed E-state index contributed by atoms with van der Waals surface area (Å²) in [6, 6.07) is 94.8. The van der Waals surface area contributed by atoms with Gasteiger partial charge in [-0.1, -0.05) is 218 Å². The van der Waals surface area contributed by atoms with Gasteiger partial charge in [-0.3, -0.25) is 9.13 Å². The predicted octanol–water partition coefficient (Wildman–Crippen LogP) is 16.0. The molecule has 10 aromatic carbocycles. The number of hydrogen-bond acceptors (Lipinski definition) is 2. The fraction of sp³-hybridized carbons (Fsp3) is 0. The van der Waals surface area contributed by atoms with Crippen molar-refractivity contribution in [3.05, 3.63) is 289 Å². The van der Waals surface area contributed by atoms with Gasteiger partial charge in [0, 0.05) is 22.5 Å². The summed E-state index contributed by atoms with van der Waals surface area (Å²) in [5.74, 6) is 1.85. The Balaban J connectivity index is 0.888. The van der Waals surface area contributed by atoms with Crippen molar-refractivity contribution in [3.63, 3.8) is 0 Å². The molecule has 12 rings (SSSR count). The third-order valence-corrected chi connectivity index (χ3v) is 12.8. The van der Waals surface area contributed by atoms with Crippen molar-refractivity contribution >= 4 is 33.2 Å². The maximum Gasteiger partial charge on any atom is 0.145 e. The Bertz CT molecular complexity index is 3450. The molecule has 0 saturated heterocycles. The van der Waals surface area contributed by atoms with E-state index < -0.39 is 0 Å². The molecule has 2 heterocycles. The largest absolute Gasteiger partial charge is 0.292 e. The first-order chi connectivity index (χ1) is 33.7. The first-order valence-electron chi connectivity index (χ1n) is 23.1. The third-order valence-electron chi connectivity index (χ3n) is 12.8. The smallest absolute Gasteiger partial charge is 0.145 e. The van der Waals surface area contributed by atoms with E-state index in [1.54, 1.807) is 0 Å². The second-order valence-electron chi connectivity index (χ2n) is 17.0. The molecule has 0 bridgehead atoms. The SMILES string of the molecule is c1ccc(/C(=C(/c2ccccc2)c2ccc(-c3ccc(-c4nc5ccccc5n4-c4ccccc4)cc3)cc2)c2ccc(-c3ccc(-c4nc5ccccc5n4-c4ccccc4)cc3)cc2)cc1. The quantitative estimate of drug-likeness (QED) is 0.128. The number of fused-ring (bicyclic) bond motifs is 2. The number of para-hydroxylation sites is 6. The Morgan fingerprint density at radius 2 is 0.500 bits per heavy atom. The predicted molar refractivity (Wildman–Crippen MR) is 282 cm³/mol. The highest BCUT2D eigenvalue weighted by Gasteiger charge is 2.19. The van der Waals surface area contributed by atoms with E-state index in [-0.39, 0.29) is 0 Å². The monoisotopic (exact) mass is 868 g/mol. The Labute approximate surface area is 396 Å². The number of benzene rings is 10. The molecule has 0 spiro atoms. The molecule has 0 aliphatic heterocycles. The van der Waals surface area contributed by atoms with Crippen LogP contribution in [0.15, 0.2) is 267 Å². The van der Waals surface area contributed by atoms with Crippen LogP contribution in [0.4, 0.5) is 0 Å². The highest BCUT2D eigenvalue weighted by Crippen LogP contribution is 2.39. The van der Waals surface area contributed by atoms with Crippen molar-refractivity contribution < 1.29 is 0 Å². The van der Waals surface area contributed by atoms with Gasteiger partial charge < -0.3 is 0 Å². The molecule has 0 aliphatic rings. The summed E-state index contributed by atoms with van der Waals surface area (Å²) >= 11 is 0. The summed E-state index contributed by atoms with van der Waals surface area (Å²) in [6.07, 6.45) is 0. The van der Waals surface area contributed by atoms with Crippen molar-refractivity contribution in [3.8, 4) is 56.4 Å². The molecule has 0 aliphatic carbocycles. The normalized spacial score (nSPS) is 11.8. The number of aromatic nitrogens is 4. The molecule has 12 aromatic rings. The van der Waals surface area contributed by atoms with Crippen LogP contribution in [0.2, 0.25) is 0 Å². The van der Waals surface area contributed by atoms with Gasteiger partial charge in [0.2, 0.25) is 0 Å². The van der Waals surface area contributed by atoms with Crippen LogP contribution in [0, 0.1) is 0 Å². The standard InChI is InChI=1S/C64H44N4/c1-5-17-49(18-6-1)61(51-37-29-45(30-38-51)47-33-41-53(42-34-47)63-65-57-25-13-15-27-59(57)67(63)55-21-9-3-10-22-55)62(50-19-7-2-8-20-50)52-39-31-46(32-40-52)48-35-43-54(44-36-48)64-66-58-26-14-16-28-60(58)68(64)56-23-11-4-12-24-56/h1-44H/b62-61+. The molecule has 0 atom stereocenters. The van der Waals surface area contributed by atoms with Crippen LogP contribution in [-0.2, 0) is 0 Å². The second kappa shape index (κ2) is 17.7. The zero-order chi connectivity index (χ0) is 45.2. The lowest BCUT2D eigenvalue weighted by Crippen LogP contribution is -1.98. The Kier molecular flexibility index (Phi) is 10.5. The molecule has 0 saturated carbocycles. The van der Waals surface area contributed by atoms with Crippen LogP contribution in [-0.4, -0.2) is 19.1 Å². The lowest BCUT2D eigenvalue weighted by molar-refractivity contribution is 1.10. The van der Waals surface area contributed by atoms with Gasteiger partial charge in [0.1, 0.15) is 11.6 Å². The molecule has 0 amide bonds. The Morgan fingerprint density at radius 3 is 0.853 bits per heavy atom. The summed E-state index contributed by atoms with van der Waals surface area (Å²) in [5, 5.41) is 0. The van der Waals surface area contributed by atoms with E-state index in [2.05, 4.69) is 252 Å². The van der Waals surface area contributed by atoms with Crippen LogP contribution in [0.25, 0.3) is 89.6 Å². The maximum absolute atomic E-state index is 5.09. The highest BCUT2D eigenvalue weighted by atomic mass is 15.1. The molecule has 2 aromatic heterocycles. The lowest BCUT2D eigenvalue weighted by Gasteiger charge is -2.19. The fourth-order valence-corrected chi connectivity index (χ4v) is 9.52. The van der Waals surface area contributed by atoms with Gasteiger partial charge >= 0.3 is 0 Å². The summed E-state index contributed by atoms with van der Waals surface area (Å²) in [4.78, 5) is 10.2. The summed E-state index contributed by atoms with van der Waals surface area (Å²) in [7, 11) is 0. The van der Waals surface area contributed by atoms with Gasteiger partial charge in [-0.05, 0) is 104 Å². The number of hydrogen-bond donors (Lipinski definition) is 0. The van der Waals surface area contributed by atoms with E-state index in [9.17, 15) is 0 Å². The van der Waals surface area contributed by atoms with Gasteiger partial charge in [-0.15, -0.1) is 0 Å². The molecule has 68 heavy (non-hydrogen) atoms. The minimum Gasteiger partial charge on any atom is -0.292 e. The molecule has 0 radical (unpaired) electrons. The molecule has 4 heteroatoms. The average Bonchev–Trinajstić information content (AvgIpc) is 4.01. The molecule has 0 unspecified atom stereocenters. The van der Waals surface area contributed by atoms with E-state index >= 15 is 0 Å². The van der Waals surface area contributed by atoms with Crippen LogP contribution < -0.4 is 0 Å². The third kappa shape index (κ3) is 7.60. The fourth-order valence-electron chi connectivity index (χ4n) is 9.52. The van der Waals surface area contributed by atoms with E-state index in [0.717, 1.165) is 101 Å². The van der Waals surface area contributed by atoms with Gasteiger partial charge in [-0.25, -0.2) is 9.97 Å². The second-order valence-corrected chi connectivity index (χ2v) is 17.0. The average molecular weight is 869 g/mol. The molecular weight excluding hydrogens is 825 g/mol. The molecule has 320 valence electrons. The zero-order valence-corrected chi connectivity index (χ0v) is 37.2. The van der Waals surface area contributed by atoms with Crippen LogP contribution >= 0.6 is 0 Å². The summed E-state index contributed by atoms with van der Waals surface area (Å²) in [6.45, 7) is 0. The van der Waals surface area contributed by atoms with Crippen molar-refractivity contribution in [1.29, 1.82) is 0 Å². The molecule has 0 N–H and O–H groups in total. The van der Waals surface area contributed by atoms with Crippen molar-refractivity contribution in [2.24, 2.45) is 0 Å². The van der Waals surface area contributed by atoms with Crippen LogP contribution in [0.1, 0.15) is 22.3 Å². The zero-order valence-electron chi connectivity index (χ0n) is 37.2. The maximum atomic E-state index is 5.09. The van der Waals surface area contributed by atoms with E-state index in [1.807, 2.05) is 24.3 Å². The molecule has 0 fully saturated rings. The van der Waals surface area contributed by atoms with Gasteiger partial charge in [-0.2, -0.15) is 0 Å². The van der Waals surface area contributed by atoms with Crippen molar-refractivity contribution in [1.82, 2.24) is 19.1 Å².